The van der Waals surface area contributed by atoms with Crippen LogP contribution in [0.3, 0.4) is 0 Å². The van der Waals surface area contributed by atoms with Gasteiger partial charge in [-0.1, -0.05) is 13.8 Å². The lowest BCUT2D eigenvalue weighted by Gasteiger charge is -2.36. The average molecular weight is 213 g/mol. The molecule has 0 aromatic carbocycles. The minimum Gasteiger partial charge on any atom is -0.369 e. The molecule has 1 saturated heterocycles. The standard InChI is InChI=1S/C12H23NO2/c1-10(2)15-9-11(14)13-7-5-12(3,4)6-8-13/h10H,5-9H2,1-4H3. The Kier molecular flexibility index (Phi) is 4.14. The van der Waals surface area contributed by atoms with Crippen LogP contribution in [0.1, 0.15) is 40.5 Å². The van der Waals surface area contributed by atoms with Gasteiger partial charge in [-0.3, -0.25) is 4.79 Å². The van der Waals surface area contributed by atoms with Crippen LogP contribution in [-0.4, -0.2) is 36.6 Å². The van der Waals surface area contributed by atoms with Crippen molar-refractivity contribution in [1.29, 1.82) is 0 Å². The summed E-state index contributed by atoms with van der Waals surface area (Å²) in [7, 11) is 0. The van der Waals surface area contributed by atoms with Crippen molar-refractivity contribution in [2.75, 3.05) is 19.7 Å². The molecule has 88 valence electrons. The van der Waals surface area contributed by atoms with E-state index >= 15 is 0 Å². The first-order valence-corrected chi connectivity index (χ1v) is 5.80. The van der Waals surface area contributed by atoms with Crippen LogP contribution in [0.25, 0.3) is 0 Å². The van der Waals surface area contributed by atoms with Crippen LogP contribution in [0.2, 0.25) is 0 Å². The number of carbonyl (C=O) groups excluding carboxylic acids is 1. The van der Waals surface area contributed by atoms with Crippen molar-refractivity contribution in [2.24, 2.45) is 5.41 Å². The first-order valence-electron chi connectivity index (χ1n) is 5.80. The highest BCUT2D eigenvalue weighted by Crippen LogP contribution is 2.29. The van der Waals surface area contributed by atoms with Crippen LogP contribution < -0.4 is 0 Å². The average Bonchev–Trinajstić information content (AvgIpc) is 2.14. The molecular weight excluding hydrogens is 190 g/mol. The Labute approximate surface area is 92.8 Å². The second-order valence-corrected chi connectivity index (χ2v) is 5.40. The number of hydrogen-bond acceptors (Lipinski definition) is 2. The SMILES string of the molecule is CC(C)OCC(=O)N1CCC(C)(C)CC1. The molecule has 0 aliphatic carbocycles. The van der Waals surface area contributed by atoms with Crippen LogP contribution in [-0.2, 0) is 9.53 Å². The third-order valence-corrected chi connectivity index (χ3v) is 3.01. The van der Waals surface area contributed by atoms with Crippen molar-refractivity contribution in [2.45, 2.75) is 46.6 Å². The van der Waals surface area contributed by atoms with Crippen LogP contribution in [0, 0.1) is 5.41 Å². The molecule has 0 radical (unpaired) electrons. The Morgan fingerprint density at radius 2 is 1.87 bits per heavy atom. The van der Waals surface area contributed by atoms with Gasteiger partial charge in [-0.25, -0.2) is 0 Å². The molecular formula is C12H23NO2. The van der Waals surface area contributed by atoms with Crippen molar-refractivity contribution < 1.29 is 9.53 Å². The van der Waals surface area contributed by atoms with E-state index in [1.165, 1.54) is 0 Å². The zero-order chi connectivity index (χ0) is 11.5. The summed E-state index contributed by atoms with van der Waals surface area (Å²) in [6, 6.07) is 0. The van der Waals surface area contributed by atoms with E-state index in [9.17, 15) is 4.79 Å². The van der Waals surface area contributed by atoms with Gasteiger partial charge in [-0.05, 0) is 32.1 Å². The van der Waals surface area contributed by atoms with Gasteiger partial charge in [0.25, 0.3) is 0 Å². The van der Waals surface area contributed by atoms with Crippen molar-refractivity contribution in [3.63, 3.8) is 0 Å². The lowest BCUT2D eigenvalue weighted by atomic mass is 9.83. The number of piperidine rings is 1. The second kappa shape index (κ2) is 4.97. The van der Waals surface area contributed by atoms with Gasteiger partial charge in [0.05, 0.1) is 6.10 Å². The molecule has 1 amide bonds. The Balaban J connectivity index is 2.30. The Morgan fingerprint density at radius 3 is 2.33 bits per heavy atom. The summed E-state index contributed by atoms with van der Waals surface area (Å²) in [6.45, 7) is 10.4. The van der Waals surface area contributed by atoms with E-state index in [1.54, 1.807) is 0 Å². The fourth-order valence-electron chi connectivity index (χ4n) is 1.69. The zero-order valence-electron chi connectivity index (χ0n) is 10.4. The molecule has 1 fully saturated rings. The molecule has 3 heteroatoms. The summed E-state index contributed by atoms with van der Waals surface area (Å²) >= 11 is 0. The Bertz CT molecular complexity index is 214. The van der Waals surface area contributed by atoms with Crippen LogP contribution in [0.5, 0.6) is 0 Å². The number of amides is 1. The van der Waals surface area contributed by atoms with Gasteiger partial charge in [0.15, 0.2) is 0 Å². The second-order valence-electron chi connectivity index (χ2n) is 5.40. The quantitative estimate of drug-likeness (QED) is 0.718. The molecule has 3 nitrogen and oxygen atoms in total. The lowest BCUT2D eigenvalue weighted by Crippen LogP contribution is -2.43. The number of hydrogen-bond donors (Lipinski definition) is 0. The first-order chi connectivity index (χ1) is 6.91. The summed E-state index contributed by atoms with van der Waals surface area (Å²) in [5, 5.41) is 0. The minimum absolute atomic E-state index is 0.134. The monoisotopic (exact) mass is 213 g/mol. The highest BCUT2D eigenvalue weighted by Gasteiger charge is 2.27. The number of nitrogens with zero attached hydrogens (tertiary/aromatic N) is 1. The summed E-state index contributed by atoms with van der Waals surface area (Å²) < 4.78 is 5.32. The predicted molar refractivity (Wildman–Crippen MR) is 60.7 cm³/mol. The third-order valence-electron chi connectivity index (χ3n) is 3.01. The van der Waals surface area contributed by atoms with Crippen LogP contribution >= 0.6 is 0 Å². The molecule has 15 heavy (non-hydrogen) atoms. The van der Waals surface area contributed by atoms with Crippen molar-refractivity contribution in [3.05, 3.63) is 0 Å². The minimum atomic E-state index is 0.134. The van der Waals surface area contributed by atoms with E-state index in [2.05, 4.69) is 13.8 Å². The van der Waals surface area contributed by atoms with Gasteiger partial charge in [0.2, 0.25) is 5.91 Å². The molecule has 0 spiro atoms. The third kappa shape index (κ3) is 4.20. The van der Waals surface area contributed by atoms with Crippen molar-refractivity contribution >= 4 is 5.91 Å². The fraction of sp³-hybridized carbons (Fsp3) is 0.917. The van der Waals surface area contributed by atoms with Crippen molar-refractivity contribution in [1.82, 2.24) is 4.90 Å². The molecule has 0 aromatic rings. The summed E-state index contributed by atoms with van der Waals surface area (Å²) in [6.07, 6.45) is 2.33. The van der Waals surface area contributed by atoms with E-state index in [-0.39, 0.29) is 18.6 Å². The lowest BCUT2D eigenvalue weighted by molar-refractivity contribution is -0.139. The topological polar surface area (TPSA) is 29.5 Å². The highest BCUT2D eigenvalue weighted by atomic mass is 16.5. The maximum atomic E-state index is 11.7. The van der Waals surface area contributed by atoms with E-state index in [0.29, 0.717) is 5.41 Å². The molecule has 1 rings (SSSR count). The first kappa shape index (κ1) is 12.5. The molecule has 1 heterocycles. The molecule has 0 bridgehead atoms. The molecule has 1 aliphatic heterocycles. The smallest absolute Gasteiger partial charge is 0.248 e. The summed E-state index contributed by atoms with van der Waals surface area (Å²) in [5.74, 6) is 0.138. The highest BCUT2D eigenvalue weighted by molar-refractivity contribution is 5.77. The molecule has 1 aliphatic rings. The van der Waals surface area contributed by atoms with Gasteiger partial charge in [0.1, 0.15) is 6.61 Å². The van der Waals surface area contributed by atoms with Gasteiger partial charge in [0, 0.05) is 13.1 Å². The molecule has 0 unspecified atom stereocenters. The van der Waals surface area contributed by atoms with Gasteiger partial charge in [-0.15, -0.1) is 0 Å². The molecule has 0 N–H and O–H groups in total. The normalized spacial score (nSPS) is 20.7. The van der Waals surface area contributed by atoms with Gasteiger partial charge < -0.3 is 9.64 Å². The van der Waals surface area contributed by atoms with Gasteiger partial charge >= 0.3 is 0 Å². The van der Waals surface area contributed by atoms with E-state index in [0.717, 1.165) is 25.9 Å². The Morgan fingerprint density at radius 1 is 1.33 bits per heavy atom. The van der Waals surface area contributed by atoms with E-state index in [1.807, 2.05) is 18.7 Å². The maximum absolute atomic E-state index is 11.7. The number of rotatable bonds is 3. The van der Waals surface area contributed by atoms with Crippen molar-refractivity contribution in [3.8, 4) is 0 Å². The molecule has 0 aromatic heterocycles. The van der Waals surface area contributed by atoms with E-state index < -0.39 is 0 Å². The van der Waals surface area contributed by atoms with E-state index in [4.69, 9.17) is 4.74 Å². The molecule has 0 atom stereocenters. The fourth-order valence-corrected chi connectivity index (χ4v) is 1.69. The zero-order valence-corrected chi connectivity index (χ0v) is 10.4. The summed E-state index contributed by atoms with van der Waals surface area (Å²) in [5.41, 5.74) is 0.398. The van der Waals surface area contributed by atoms with Crippen LogP contribution in [0.4, 0.5) is 0 Å². The predicted octanol–water partition coefficient (Wildman–Crippen LogP) is 2.06. The summed E-state index contributed by atoms with van der Waals surface area (Å²) in [4.78, 5) is 13.6. The van der Waals surface area contributed by atoms with Gasteiger partial charge in [-0.2, -0.15) is 0 Å². The number of ether oxygens (including phenoxy) is 1. The Hall–Kier alpha value is -0.570. The van der Waals surface area contributed by atoms with Crippen LogP contribution in [0.15, 0.2) is 0 Å². The largest absolute Gasteiger partial charge is 0.369 e. The number of carbonyl (C=O) groups is 1. The maximum Gasteiger partial charge on any atom is 0.248 e. The molecule has 0 saturated carbocycles. The number of likely N-dealkylation sites (tertiary alicyclic amines) is 1.